The monoisotopic (exact) mass is 274 g/mol. The number of phenols is 1. The molecule has 1 aromatic rings. The average Bonchev–Trinajstić information content (AvgIpc) is 2.71. The number of nitrogens with one attached hydrogen (secondary N) is 2. The smallest absolute Gasteiger partial charge is 0.326 e. The Hall–Kier alpha value is -2.76. The molecule has 1 fully saturated rings. The number of carbonyl (C=O) groups excluding carboxylic acids is 2. The molecule has 0 unspecified atom stereocenters. The lowest BCUT2D eigenvalue weighted by Gasteiger charge is -2.09. The fraction of sp³-hybridized carbons (Fsp3) is 0.143. The third-order valence-electron chi connectivity index (χ3n) is 2.79. The molecule has 0 radical (unpaired) electrons. The van der Waals surface area contributed by atoms with Crippen LogP contribution in [0, 0.1) is 0 Å². The second-order valence-electron chi connectivity index (χ2n) is 4.19. The summed E-state index contributed by atoms with van der Waals surface area (Å²) >= 11 is 0. The Labute approximate surface area is 115 Å². The molecule has 0 saturated carbocycles. The normalized spacial score (nSPS) is 15.9. The third kappa shape index (κ3) is 2.64. The summed E-state index contributed by atoms with van der Waals surface area (Å²) in [5.41, 5.74) is 1.40. The largest absolute Gasteiger partial charge is 0.504 e. The van der Waals surface area contributed by atoms with E-state index >= 15 is 0 Å². The van der Waals surface area contributed by atoms with Crippen LogP contribution in [0.2, 0.25) is 0 Å². The van der Waals surface area contributed by atoms with Crippen molar-refractivity contribution in [1.29, 1.82) is 0 Å². The van der Waals surface area contributed by atoms with E-state index in [1.54, 1.807) is 18.2 Å². The predicted molar refractivity (Wildman–Crippen MR) is 73.2 cm³/mol. The molecule has 0 atom stereocenters. The van der Waals surface area contributed by atoms with Gasteiger partial charge < -0.3 is 15.2 Å². The van der Waals surface area contributed by atoms with Crippen LogP contribution >= 0.6 is 0 Å². The Morgan fingerprint density at radius 3 is 2.65 bits per heavy atom. The number of benzene rings is 1. The van der Waals surface area contributed by atoms with Crippen molar-refractivity contribution in [2.45, 2.75) is 6.42 Å². The lowest BCUT2D eigenvalue weighted by molar-refractivity contribution is -0.115. The van der Waals surface area contributed by atoms with Gasteiger partial charge in [-0.25, -0.2) is 4.79 Å². The van der Waals surface area contributed by atoms with Crippen LogP contribution in [0.5, 0.6) is 11.5 Å². The van der Waals surface area contributed by atoms with E-state index in [9.17, 15) is 14.7 Å². The lowest BCUT2D eigenvalue weighted by Crippen LogP contribution is -2.22. The molecule has 6 nitrogen and oxygen atoms in total. The second-order valence-corrected chi connectivity index (χ2v) is 4.19. The van der Waals surface area contributed by atoms with Crippen molar-refractivity contribution in [3.05, 3.63) is 41.6 Å². The second kappa shape index (κ2) is 5.48. The highest BCUT2D eigenvalue weighted by molar-refractivity contribution is 6.14. The number of aromatic hydroxyl groups is 1. The number of hydrogen-bond donors (Lipinski definition) is 3. The van der Waals surface area contributed by atoms with Gasteiger partial charge in [-0.1, -0.05) is 6.08 Å². The van der Waals surface area contributed by atoms with E-state index in [2.05, 4.69) is 17.2 Å². The quantitative estimate of drug-likeness (QED) is 0.439. The summed E-state index contributed by atoms with van der Waals surface area (Å²) in [5, 5.41) is 14.5. The van der Waals surface area contributed by atoms with Gasteiger partial charge in [-0.15, -0.1) is 6.58 Å². The van der Waals surface area contributed by atoms with Gasteiger partial charge in [0.15, 0.2) is 11.5 Å². The molecular formula is C14H14N2O4. The van der Waals surface area contributed by atoms with Crippen LogP contribution in [0.25, 0.3) is 6.08 Å². The molecule has 0 spiro atoms. The number of amides is 3. The summed E-state index contributed by atoms with van der Waals surface area (Å²) in [7, 11) is 1.44. The van der Waals surface area contributed by atoms with Crippen LogP contribution < -0.4 is 15.4 Å². The van der Waals surface area contributed by atoms with Crippen molar-refractivity contribution in [2.75, 3.05) is 7.11 Å². The minimum Gasteiger partial charge on any atom is -0.504 e. The van der Waals surface area contributed by atoms with Crippen molar-refractivity contribution in [2.24, 2.45) is 0 Å². The fourth-order valence-electron chi connectivity index (χ4n) is 1.89. The Kier molecular flexibility index (Phi) is 3.74. The summed E-state index contributed by atoms with van der Waals surface area (Å²) in [6.07, 6.45) is 3.61. The highest BCUT2D eigenvalue weighted by Gasteiger charge is 2.23. The van der Waals surface area contributed by atoms with Gasteiger partial charge in [0.1, 0.15) is 5.70 Å². The van der Waals surface area contributed by atoms with E-state index in [1.807, 2.05) is 0 Å². The highest BCUT2D eigenvalue weighted by Crippen LogP contribution is 2.32. The van der Waals surface area contributed by atoms with E-state index in [0.29, 0.717) is 23.3 Å². The molecule has 0 bridgehead atoms. The van der Waals surface area contributed by atoms with Gasteiger partial charge in [0.05, 0.1) is 7.11 Å². The third-order valence-corrected chi connectivity index (χ3v) is 2.79. The maximum atomic E-state index is 11.5. The summed E-state index contributed by atoms with van der Waals surface area (Å²) in [4.78, 5) is 22.5. The van der Waals surface area contributed by atoms with E-state index in [0.717, 1.165) is 0 Å². The van der Waals surface area contributed by atoms with E-state index in [1.165, 1.54) is 13.2 Å². The maximum absolute atomic E-state index is 11.5. The zero-order valence-electron chi connectivity index (χ0n) is 10.9. The number of allylic oxidation sites excluding steroid dienone is 1. The molecule has 1 aromatic carbocycles. The number of ether oxygens (including phenoxy) is 1. The minimum atomic E-state index is -0.557. The van der Waals surface area contributed by atoms with Crippen molar-refractivity contribution in [3.8, 4) is 11.5 Å². The standard InChI is InChI=1S/C14H14N2O4/c1-3-4-9-5-8(7-11(20-2)12(9)17)6-10-13(18)16-14(19)15-10/h3,5-7,17H,1,4H2,2H3,(H2,15,16,18,19). The van der Waals surface area contributed by atoms with Gasteiger partial charge in [0, 0.05) is 5.56 Å². The number of urea groups is 1. The van der Waals surface area contributed by atoms with E-state index in [-0.39, 0.29) is 11.4 Å². The number of rotatable bonds is 4. The molecular weight excluding hydrogens is 260 g/mol. The van der Waals surface area contributed by atoms with Gasteiger partial charge in [-0.2, -0.15) is 0 Å². The van der Waals surface area contributed by atoms with Gasteiger partial charge in [0.2, 0.25) is 0 Å². The van der Waals surface area contributed by atoms with Crippen LogP contribution in [-0.4, -0.2) is 24.2 Å². The Balaban J connectivity index is 2.44. The first-order valence-corrected chi connectivity index (χ1v) is 5.90. The maximum Gasteiger partial charge on any atom is 0.326 e. The van der Waals surface area contributed by atoms with Crippen molar-refractivity contribution in [3.63, 3.8) is 0 Å². The molecule has 3 N–H and O–H groups in total. The lowest BCUT2D eigenvalue weighted by atomic mass is 10.0. The Morgan fingerprint density at radius 2 is 2.10 bits per heavy atom. The molecule has 1 aliphatic heterocycles. The fourth-order valence-corrected chi connectivity index (χ4v) is 1.89. The van der Waals surface area contributed by atoms with Crippen LogP contribution in [0.3, 0.4) is 0 Å². The van der Waals surface area contributed by atoms with Crippen molar-refractivity contribution < 1.29 is 19.4 Å². The Morgan fingerprint density at radius 1 is 1.35 bits per heavy atom. The van der Waals surface area contributed by atoms with Gasteiger partial charge in [0.25, 0.3) is 5.91 Å². The van der Waals surface area contributed by atoms with Gasteiger partial charge in [-0.3, -0.25) is 10.1 Å². The zero-order chi connectivity index (χ0) is 14.7. The molecule has 6 heteroatoms. The topological polar surface area (TPSA) is 87.7 Å². The molecule has 1 aliphatic rings. The van der Waals surface area contributed by atoms with E-state index < -0.39 is 11.9 Å². The Bertz CT molecular complexity index is 620. The van der Waals surface area contributed by atoms with E-state index in [4.69, 9.17) is 4.74 Å². The molecule has 2 rings (SSSR count). The molecule has 3 amide bonds. The minimum absolute atomic E-state index is 0.0365. The zero-order valence-corrected chi connectivity index (χ0v) is 10.9. The SMILES string of the molecule is C=CCc1cc(C=C2NC(=O)NC2=O)cc(OC)c1O. The van der Waals surface area contributed by atoms with Crippen LogP contribution in [0.1, 0.15) is 11.1 Å². The predicted octanol–water partition coefficient (Wildman–Crippen LogP) is 1.31. The van der Waals surface area contributed by atoms with Crippen molar-refractivity contribution in [1.82, 2.24) is 10.6 Å². The number of carbonyl (C=O) groups is 2. The molecule has 104 valence electrons. The van der Waals surface area contributed by atoms with Crippen molar-refractivity contribution >= 4 is 18.0 Å². The first-order chi connectivity index (χ1) is 9.55. The summed E-state index contributed by atoms with van der Waals surface area (Å²) in [6, 6.07) is 2.72. The van der Waals surface area contributed by atoms with Gasteiger partial charge in [-0.05, 0) is 30.2 Å². The number of imide groups is 1. The molecule has 1 heterocycles. The van der Waals surface area contributed by atoms with Gasteiger partial charge >= 0.3 is 6.03 Å². The van der Waals surface area contributed by atoms with Crippen LogP contribution in [0.15, 0.2) is 30.5 Å². The summed E-state index contributed by atoms with van der Waals surface area (Å²) in [6.45, 7) is 3.62. The first kappa shape index (κ1) is 13.7. The summed E-state index contributed by atoms with van der Waals surface area (Å²) in [5.74, 6) is -0.164. The molecule has 20 heavy (non-hydrogen) atoms. The number of phenolic OH excluding ortho intramolecular Hbond substituents is 1. The molecule has 0 aromatic heterocycles. The highest BCUT2D eigenvalue weighted by atomic mass is 16.5. The summed E-state index contributed by atoms with van der Waals surface area (Å²) < 4.78 is 5.08. The first-order valence-electron chi connectivity index (χ1n) is 5.90. The number of hydrogen-bond acceptors (Lipinski definition) is 4. The van der Waals surface area contributed by atoms with Crippen LogP contribution in [-0.2, 0) is 11.2 Å². The molecule has 0 aliphatic carbocycles. The average molecular weight is 274 g/mol. The molecule has 1 saturated heterocycles. The number of methoxy groups -OCH3 is 1. The van der Waals surface area contributed by atoms with Crippen LogP contribution in [0.4, 0.5) is 4.79 Å².